The fourth-order valence-electron chi connectivity index (χ4n) is 1.70. The van der Waals surface area contributed by atoms with Crippen molar-refractivity contribution in [2.45, 2.75) is 31.8 Å². The van der Waals surface area contributed by atoms with Crippen LogP contribution in [0, 0.1) is 0 Å². The van der Waals surface area contributed by atoms with E-state index in [-0.39, 0.29) is 0 Å². The maximum absolute atomic E-state index is 5.70. The van der Waals surface area contributed by atoms with Crippen molar-refractivity contribution < 1.29 is 4.74 Å². The third kappa shape index (κ3) is 2.13. The van der Waals surface area contributed by atoms with Crippen LogP contribution in [0.4, 0.5) is 5.82 Å². The summed E-state index contributed by atoms with van der Waals surface area (Å²) < 4.78 is 5.70. The largest absolute Gasteiger partial charge is 0.473 e. The molecule has 1 aliphatic rings. The van der Waals surface area contributed by atoms with Gasteiger partial charge in [0.25, 0.3) is 0 Å². The SMILES string of the molecule is CNc1cncc(OC2CCCC2)n1. The first kappa shape index (κ1) is 9.24. The molecule has 4 nitrogen and oxygen atoms in total. The Hall–Kier alpha value is -1.32. The second-order valence-corrected chi connectivity index (χ2v) is 3.52. The minimum atomic E-state index is 0.344. The monoisotopic (exact) mass is 193 g/mol. The van der Waals surface area contributed by atoms with E-state index in [1.165, 1.54) is 12.8 Å². The van der Waals surface area contributed by atoms with Gasteiger partial charge >= 0.3 is 0 Å². The van der Waals surface area contributed by atoms with Crippen molar-refractivity contribution in [3.05, 3.63) is 12.4 Å². The molecule has 0 spiro atoms. The number of nitrogens with one attached hydrogen (secondary N) is 1. The van der Waals surface area contributed by atoms with Crippen molar-refractivity contribution in [1.82, 2.24) is 9.97 Å². The van der Waals surface area contributed by atoms with E-state index in [2.05, 4.69) is 15.3 Å². The minimum absolute atomic E-state index is 0.344. The van der Waals surface area contributed by atoms with Crippen molar-refractivity contribution in [2.75, 3.05) is 12.4 Å². The second kappa shape index (κ2) is 4.26. The van der Waals surface area contributed by atoms with Gasteiger partial charge in [0.15, 0.2) is 0 Å². The van der Waals surface area contributed by atoms with E-state index in [0.29, 0.717) is 12.0 Å². The van der Waals surface area contributed by atoms with Crippen LogP contribution in [-0.4, -0.2) is 23.1 Å². The van der Waals surface area contributed by atoms with Gasteiger partial charge in [-0.3, -0.25) is 4.98 Å². The van der Waals surface area contributed by atoms with Crippen LogP contribution in [0.1, 0.15) is 25.7 Å². The van der Waals surface area contributed by atoms with Gasteiger partial charge in [0.2, 0.25) is 5.88 Å². The van der Waals surface area contributed by atoms with Crippen LogP contribution in [0.15, 0.2) is 12.4 Å². The second-order valence-electron chi connectivity index (χ2n) is 3.52. The summed E-state index contributed by atoms with van der Waals surface area (Å²) in [7, 11) is 1.82. The Bertz CT molecular complexity index is 297. The van der Waals surface area contributed by atoms with Gasteiger partial charge in [-0.1, -0.05) is 0 Å². The maximum Gasteiger partial charge on any atom is 0.234 e. The Morgan fingerprint density at radius 2 is 2.14 bits per heavy atom. The summed E-state index contributed by atoms with van der Waals surface area (Å²) in [6, 6.07) is 0. The van der Waals surface area contributed by atoms with Crippen molar-refractivity contribution in [1.29, 1.82) is 0 Å². The molecule has 0 saturated heterocycles. The van der Waals surface area contributed by atoms with E-state index in [1.807, 2.05) is 7.05 Å². The molecule has 1 aromatic heterocycles. The zero-order chi connectivity index (χ0) is 9.80. The minimum Gasteiger partial charge on any atom is -0.473 e. The number of rotatable bonds is 3. The first-order valence-electron chi connectivity index (χ1n) is 5.05. The zero-order valence-electron chi connectivity index (χ0n) is 8.36. The Morgan fingerprint density at radius 3 is 2.86 bits per heavy atom. The van der Waals surface area contributed by atoms with Gasteiger partial charge in [-0.15, -0.1) is 0 Å². The predicted octanol–water partition coefficient (Wildman–Crippen LogP) is 1.84. The highest BCUT2D eigenvalue weighted by atomic mass is 16.5. The van der Waals surface area contributed by atoms with Crippen LogP contribution in [0.3, 0.4) is 0 Å². The molecule has 0 unspecified atom stereocenters. The maximum atomic E-state index is 5.70. The first-order valence-corrected chi connectivity index (χ1v) is 5.05. The standard InChI is InChI=1S/C10H15N3O/c1-11-9-6-12-7-10(13-9)14-8-4-2-3-5-8/h6-8H,2-5H2,1H3,(H,11,13). The summed E-state index contributed by atoms with van der Waals surface area (Å²) in [5, 5.41) is 2.94. The van der Waals surface area contributed by atoms with Crippen molar-refractivity contribution in [3.63, 3.8) is 0 Å². The normalized spacial score (nSPS) is 16.9. The first-order chi connectivity index (χ1) is 6.88. The molecule has 14 heavy (non-hydrogen) atoms. The summed E-state index contributed by atoms with van der Waals surface area (Å²) in [6.07, 6.45) is 8.52. The van der Waals surface area contributed by atoms with Crippen molar-refractivity contribution >= 4 is 5.82 Å². The molecule has 0 atom stereocenters. The third-order valence-corrected chi connectivity index (χ3v) is 2.46. The van der Waals surface area contributed by atoms with E-state index in [1.54, 1.807) is 12.4 Å². The summed E-state index contributed by atoms with van der Waals surface area (Å²) in [6.45, 7) is 0. The van der Waals surface area contributed by atoms with Crippen LogP contribution in [0.2, 0.25) is 0 Å². The van der Waals surface area contributed by atoms with Gasteiger partial charge in [0.1, 0.15) is 11.9 Å². The van der Waals surface area contributed by atoms with E-state index in [0.717, 1.165) is 18.7 Å². The lowest BCUT2D eigenvalue weighted by Gasteiger charge is -2.11. The fraction of sp³-hybridized carbons (Fsp3) is 0.600. The summed E-state index contributed by atoms with van der Waals surface area (Å²) in [5.74, 6) is 1.38. The molecule has 1 saturated carbocycles. The van der Waals surface area contributed by atoms with Crippen LogP contribution in [0.25, 0.3) is 0 Å². The molecule has 2 rings (SSSR count). The molecule has 1 aromatic rings. The highest BCUT2D eigenvalue weighted by Gasteiger charge is 2.17. The average Bonchev–Trinajstić information content (AvgIpc) is 2.71. The highest BCUT2D eigenvalue weighted by molar-refractivity contribution is 5.31. The topological polar surface area (TPSA) is 47.0 Å². The summed E-state index contributed by atoms with van der Waals surface area (Å²) in [5.41, 5.74) is 0. The highest BCUT2D eigenvalue weighted by Crippen LogP contribution is 2.22. The lowest BCUT2D eigenvalue weighted by Crippen LogP contribution is -2.12. The molecule has 4 heteroatoms. The Kier molecular flexibility index (Phi) is 2.81. The Balaban J connectivity index is 2.00. The molecule has 0 aliphatic heterocycles. The lowest BCUT2D eigenvalue weighted by atomic mass is 10.3. The number of nitrogens with zero attached hydrogens (tertiary/aromatic N) is 2. The molecule has 1 aliphatic carbocycles. The smallest absolute Gasteiger partial charge is 0.234 e. The van der Waals surface area contributed by atoms with E-state index < -0.39 is 0 Å². The van der Waals surface area contributed by atoms with E-state index >= 15 is 0 Å². The number of hydrogen-bond acceptors (Lipinski definition) is 4. The fourth-order valence-corrected chi connectivity index (χ4v) is 1.70. The molecule has 0 radical (unpaired) electrons. The molecule has 76 valence electrons. The van der Waals surface area contributed by atoms with Crippen LogP contribution >= 0.6 is 0 Å². The average molecular weight is 193 g/mol. The van der Waals surface area contributed by atoms with Crippen LogP contribution in [-0.2, 0) is 0 Å². The summed E-state index contributed by atoms with van der Waals surface area (Å²) in [4.78, 5) is 8.31. The Morgan fingerprint density at radius 1 is 1.36 bits per heavy atom. The van der Waals surface area contributed by atoms with E-state index in [9.17, 15) is 0 Å². The van der Waals surface area contributed by atoms with Gasteiger partial charge in [0.05, 0.1) is 12.4 Å². The number of hydrogen-bond donors (Lipinski definition) is 1. The van der Waals surface area contributed by atoms with Crippen molar-refractivity contribution in [2.24, 2.45) is 0 Å². The molecule has 0 amide bonds. The summed E-state index contributed by atoms with van der Waals surface area (Å²) >= 11 is 0. The molecular formula is C10H15N3O. The zero-order valence-corrected chi connectivity index (χ0v) is 8.36. The third-order valence-electron chi connectivity index (χ3n) is 2.46. The van der Waals surface area contributed by atoms with Gasteiger partial charge in [0, 0.05) is 7.05 Å². The van der Waals surface area contributed by atoms with Gasteiger partial charge in [-0.2, -0.15) is 4.98 Å². The quantitative estimate of drug-likeness (QED) is 0.795. The van der Waals surface area contributed by atoms with Crippen LogP contribution in [0.5, 0.6) is 5.88 Å². The van der Waals surface area contributed by atoms with Crippen molar-refractivity contribution in [3.8, 4) is 5.88 Å². The lowest BCUT2D eigenvalue weighted by molar-refractivity contribution is 0.201. The number of anilines is 1. The van der Waals surface area contributed by atoms with E-state index in [4.69, 9.17) is 4.74 Å². The number of aromatic nitrogens is 2. The Labute approximate surface area is 83.7 Å². The van der Waals surface area contributed by atoms with Gasteiger partial charge in [-0.25, -0.2) is 0 Å². The number of ether oxygens (including phenoxy) is 1. The molecule has 1 fully saturated rings. The molecule has 0 bridgehead atoms. The van der Waals surface area contributed by atoms with Crippen LogP contribution < -0.4 is 10.1 Å². The predicted molar refractivity (Wildman–Crippen MR) is 54.5 cm³/mol. The molecule has 1 heterocycles. The van der Waals surface area contributed by atoms with Gasteiger partial charge in [-0.05, 0) is 25.7 Å². The molecule has 1 N–H and O–H groups in total. The van der Waals surface area contributed by atoms with Gasteiger partial charge < -0.3 is 10.1 Å². The molecular weight excluding hydrogens is 178 g/mol. The molecule has 0 aromatic carbocycles.